The number of hydrogen-bond acceptors (Lipinski definition) is 4. The average molecular weight is 448 g/mol. The van der Waals surface area contributed by atoms with Gasteiger partial charge in [0.15, 0.2) is 0 Å². The predicted molar refractivity (Wildman–Crippen MR) is 112 cm³/mol. The summed E-state index contributed by atoms with van der Waals surface area (Å²) in [5, 5.41) is 3.15. The Balaban J connectivity index is 1.67. The molecule has 0 unspecified atom stereocenters. The molecule has 2 fully saturated rings. The van der Waals surface area contributed by atoms with Crippen molar-refractivity contribution in [3.63, 3.8) is 0 Å². The van der Waals surface area contributed by atoms with Crippen molar-refractivity contribution in [2.75, 3.05) is 19.6 Å². The van der Waals surface area contributed by atoms with E-state index in [0.717, 1.165) is 45.3 Å². The summed E-state index contributed by atoms with van der Waals surface area (Å²) in [7, 11) is -3.78. The molecule has 1 heterocycles. The molecule has 1 aliphatic carbocycles. The number of carbonyl (C=O) groups excluding carboxylic acids is 1. The van der Waals surface area contributed by atoms with Crippen LogP contribution in [0.25, 0.3) is 0 Å². The molecular formula is C19H27Cl2N3O3S. The molecule has 0 spiro atoms. The maximum atomic E-state index is 12.7. The molecule has 28 heavy (non-hydrogen) atoms. The SMILES string of the molecule is CCCCN1CCC(NC(=O)c2cc(S(=O)(=O)NC3CC3)c(Cl)cc2Cl)CC1. The van der Waals surface area contributed by atoms with E-state index < -0.39 is 10.0 Å². The van der Waals surface area contributed by atoms with Gasteiger partial charge in [0.05, 0.1) is 15.6 Å². The highest BCUT2D eigenvalue weighted by atomic mass is 35.5. The average Bonchev–Trinajstić information content (AvgIpc) is 3.44. The summed E-state index contributed by atoms with van der Waals surface area (Å²) in [6, 6.07) is 2.61. The highest BCUT2D eigenvalue weighted by Crippen LogP contribution is 2.31. The van der Waals surface area contributed by atoms with Crippen molar-refractivity contribution >= 4 is 39.1 Å². The van der Waals surface area contributed by atoms with Gasteiger partial charge in [0.25, 0.3) is 5.91 Å². The van der Waals surface area contributed by atoms with E-state index in [0.29, 0.717) is 0 Å². The molecule has 0 bridgehead atoms. The molecule has 1 saturated heterocycles. The number of benzene rings is 1. The van der Waals surface area contributed by atoms with Crippen LogP contribution in [0.15, 0.2) is 17.0 Å². The summed E-state index contributed by atoms with van der Waals surface area (Å²) in [4.78, 5) is 15.1. The van der Waals surface area contributed by atoms with E-state index in [9.17, 15) is 13.2 Å². The Bertz CT molecular complexity index is 820. The molecule has 0 aromatic heterocycles. The van der Waals surface area contributed by atoms with Crippen molar-refractivity contribution in [1.29, 1.82) is 0 Å². The molecule has 6 nitrogen and oxygen atoms in total. The number of sulfonamides is 1. The molecule has 156 valence electrons. The van der Waals surface area contributed by atoms with Crippen LogP contribution in [0.1, 0.15) is 55.8 Å². The molecule has 1 aromatic carbocycles. The Morgan fingerprint density at radius 3 is 2.39 bits per heavy atom. The van der Waals surface area contributed by atoms with Crippen molar-refractivity contribution in [2.45, 2.75) is 62.4 Å². The molecule has 1 aliphatic heterocycles. The van der Waals surface area contributed by atoms with Crippen LogP contribution >= 0.6 is 23.2 Å². The topological polar surface area (TPSA) is 78.5 Å². The number of carbonyl (C=O) groups is 1. The number of amides is 1. The van der Waals surface area contributed by atoms with Crippen LogP contribution in [-0.4, -0.2) is 50.9 Å². The number of nitrogens with one attached hydrogen (secondary N) is 2. The Labute approximate surface area is 177 Å². The third-order valence-electron chi connectivity index (χ3n) is 5.21. The number of hydrogen-bond donors (Lipinski definition) is 2. The van der Waals surface area contributed by atoms with E-state index in [1.807, 2.05) is 0 Å². The molecular weight excluding hydrogens is 421 g/mol. The molecule has 9 heteroatoms. The van der Waals surface area contributed by atoms with E-state index >= 15 is 0 Å². The molecule has 2 aliphatic rings. The first-order valence-electron chi connectivity index (χ1n) is 9.84. The number of rotatable bonds is 8. The highest BCUT2D eigenvalue weighted by molar-refractivity contribution is 7.89. The van der Waals surface area contributed by atoms with Crippen LogP contribution in [0, 0.1) is 0 Å². The van der Waals surface area contributed by atoms with Crippen LogP contribution < -0.4 is 10.0 Å². The lowest BCUT2D eigenvalue weighted by Crippen LogP contribution is -2.44. The zero-order valence-electron chi connectivity index (χ0n) is 16.0. The molecule has 0 atom stereocenters. The van der Waals surface area contributed by atoms with Gasteiger partial charge in [0.1, 0.15) is 4.90 Å². The highest BCUT2D eigenvalue weighted by Gasteiger charge is 2.31. The summed E-state index contributed by atoms with van der Waals surface area (Å²) < 4.78 is 27.6. The van der Waals surface area contributed by atoms with Crippen LogP contribution in [-0.2, 0) is 10.0 Å². The predicted octanol–water partition coefficient (Wildman–Crippen LogP) is 3.43. The minimum absolute atomic E-state index is 0.0129. The normalized spacial score (nSPS) is 19.0. The van der Waals surface area contributed by atoms with Gasteiger partial charge in [-0.3, -0.25) is 4.79 Å². The summed E-state index contributed by atoms with van der Waals surface area (Å²) in [5.41, 5.74) is 0.135. The second kappa shape index (κ2) is 9.30. The first kappa shape index (κ1) is 21.8. The van der Waals surface area contributed by atoms with Gasteiger partial charge in [-0.05, 0) is 50.8 Å². The molecule has 2 N–H and O–H groups in total. The molecule has 1 saturated carbocycles. The third kappa shape index (κ3) is 5.60. The van der Waals surface area contributed by atoms with Crippen molar-refractivity contribution in [3.05, 3.63) is 27.7 Å². The van der Waals surface area contributed by atoms with Crippen molar-refractivity contribution in [2.24, 2.45) is 0 Å². The molecule has 1 amide bonds. The zero-order chi connectivity index (χ0) is 20.3. The second-order valence-electron chi connectivity index (χ2n) is 7.60. The first-order chi connectivity index (χ1) is 13.3. The Morgan fingerprint density at radius 1 is 1.11 bits per heavy atom. The number of unbranched alkanes of at least 4 members (excludes halogenated alkanes) is 1. The maximum absolute atomic E-state index is 12.7. The van der Waals surface area contributed by atoms with Crippen LogP contribution in [0.5, 0.6) is 0 Å². The molecule has 3 rings (SSSR count). The minimum atomic E-state index is -3.78. The van der Waals surface area contributed by atoms with Gasteiger partial charge in [0.2, 0.25) is 10.0 Å². The van der Waals surface area contributed by atoms with Crippen molar-refractivity contribution in [3.8, 4) is 0 Å². The Kier molecular flexibility index (Phi) is 7.26. The summed E-state index contributed by atoms with van der Waals surface area (Å²) >= 11 is 12.3. The largest absolute Gasteiger partial charge is 0.349 e. The van der Waals surface area contributed by atoms with E-state index in [-0.39, 0.29) is 38.5 Å². The first-order valence-corrected chi connectivity index (χ1v) is 12.1. The van der Waals surface area contributed by atoms with Crippen LogP contribution in [0.3, 0.4) is 0 Å². The summed E-state index contributed by atoms with van der Waals surface area (Å²) in [6.07, 6.45) is 5.73. The Hall–Kier alpha value is -0.860. The minimum Gasteiger partial charge on any atom is -0.349 e. The van der Waals surface area contributed by atoms with Gasteiger partial charge >= 0.3 is 0 Å². The van der Waals surface area contributed by atoms with Gasteiger partial charge in [-0.1, -0.05) is 36.5 Å². The fourth-order valence-electron chi connectivity index (χ4n) is 3.34. The maximum Gasteiger partial charge on any atom is 0.253 e. The number of piperidine rings is 1. The van der Waals surface area contributed by atoms with Gasteiger partial charge < -0.3 is 10.2 Å². The zero-order valence-corrected chi connectivity index (χ0v) is 18.3. The number of likely N-dealkylation sites (tertiary alicyclic amines) is 1. The fourth-order valence-corrected chi connectivity index (χ4v) is 5.50. The van der Waals surface area contributed by atoms with Crippen molar-refractivity contribution < 1.29 is 13.2 Å². The van der Waals surface area contributed by atoms with E-state index in [1.165, 1.54) is 25.0 Å². The third-order valence-corrected chi connectivity index (χ3v) is 7.50. The number of nitrogens with zero attached hydrogens (tertiary/aromatic N) is 1. The van der Waals surface area contributed by atoms with Gasteiger partial charge in [-0.25, -0.2) is 13.1 Å². The van der Waals surface area contributed by atoms with Crippen LogP contribution in [0.2, 0.25) is 10.0 Å². The summed E-state index contributed by atoms with van der Waals surface area (Å²) in [6.45, 7) is 5.17. The van der Waals surface area contributed by atoms with E-state index in [4.69, 9.17) is 23.2 Å². The second-order valence-corrected chi connectivity index (χ2v) is 10.1. The van der Waals surface area contributed by atoms with Crippen molar-refractivity contribution in [1.82, 2.24) is 14.9 Å². The van der Waals surface area contributed by atoms with E-state index in [2.05, 4.69) is 21.9 Å². The lowest BCUT2D eigenvalue weighted by atomic mass is 10.0. The monoisotopic (exact) mass is 447 g/mol. The quantitative estimate of drug-likeness (QED) is 0.639. The Morgan fingerprint density at radius 2 is 1.79 bits per heavy atom. The van der Waals surface area contributed by atoms with Gasteiger partial charge in [-0.2, -0.15) is 0 Å². The lowest BCUT2D eigenvalue weighted by Gasteiger charge is -2.32. The fraction of sp³-hybridized carbons (Fsp3) is 0.632. The van der Waals surface area contributed by atoms with Crippen LogP contribution in [0.4, 0.5) is 0 Å². The molecule has 0 radical (unpaired) electrons. The van der Waals surface area contributed by atoms with E-state index in [1.54, 1.807) is 0 Å². The smallest absolute Gasteiger partial charge is 0.253 e. The lowest BCUT2D eigenvalue weighted by molar-refractivity contribution is 0.0910. The standard InChI is InChI=1S/C19H27Cl2N3O3S/c1-2-3-8-24-9-6-13(7-10-24)22-19(25)15-11-18(17(21)12-16(15)20)28(26,27)23-14-4-5-14/h11-14,23H,2-10H2,1H3,(H,22,25). The molecule has 1 aromatic rings. The summed E-state index contributed by atoms with van der Waals surface area (Å²) in [5.74, 6) is -0.364. The number of halogens is 2. The van der Waals surface area contributed by atoms with Gasteiger partial charge in [0, 0.05) is 25.2 Å². The van der Waals surface area contributed by atoms with Gasteiger partial charge in [-0.15, -0.1) is 0 Å².